The van der Waals surface area contributed by atoms with Gasteiger partial charge in [-0.1, -0.05) is 110 Å². The highest BCUT2D eigenvalue weighted by Crippen LogP contribution is 2.28. The van der Waals surface area contributed by atoms with Crippen LogP contribution >= 0.6 is 0 Å². The number of rotatable bonds is 28. The maximum Gasteiger partial charge on any atom is 0.334 e. The number of ketones is 1. The second-order valence-corrected chi connectivity index (χ2v) is 13.5. The third-order valence-electron chi connectivity index (χ3n) is 9.40. The van der Waals surface area contributed by atoms with Crippen LogP contribution < -0.4 is 0 Å². The molecular weight excluding hydrogens is 540 g/mol. The maximum absolute atomic E-state index is 11.9. The molecule has 0 amide bonds. The molecule has 250 valence electrons. The number of carbonyl (C=O) groups excluding carboxylic acids is 2. The van der Waals surface area contributed by atoms with Crippen molar-refractivity contribution in [2.75, 3.05) is 0 Å². The summed E-state index contributed by atoms with van der Waals surface area (Å²) in [6.07, 6.45) is 28.5. The van der Waals surface area contributed by atoms with Gasteiger partial charge in [0.15, 0.2) is 0 Å². The molecule has 2 aliphatic rings. The summed E-state index contributed by atoms with van der Waals surface area (Å²) in [5, 5.41) is 21.2. The molecule has 1 saturated heterocycles. The smallest absolute Gasteiger partial charge is 0.334 e. The van der Waals surface area contributed by atoms with Gasteiger partial charge in [0.05, 0.1) is 24.4 Å². The van der Waals surface area contributed by atoms with Gasteiger partial charge < -0.3 is 19.7 Å². The summed E-state index contributed by atoms with van der Waals surface area (Å²) in [7, 11) is 0. The fourth-order valence-corrected chi connectivity index (χ4v) is 6.61. The van der Waals surface area contributed by atoms with Crippen LogP contribution in [-0.2, 0) is 19.1 Å². The SMILES string of the molecule is CCCCCC(=O)CCCCCC[C@H](O)[C@H]1CC[C@H]([C@@H](O)CCCCCCCCCCCCCCC2=C[C@H](C)OC2=O)O1. The van der Waals surface area contributed by atoms with E-state index in [1.54, 1.807) is 0 Å². The van der Waals surface area contributed by atoms with Gasteiger partial charge in [-0.2, -0.15) is 0 Å². The van der Waals surface area contributed by atoms with Crippen LogP contribution in [0.1, 0.15) is 181 Å². The van der Waals surface area contributed by atoms with Crippen LogP contribution in [0.2, 0.25) is 0 Å². The molecule has 6 heteroatoms. The van der Waals surface area contributed by atoms with E-state index in [-0.39, 0.29) is 24.3 Å². The van der Waals surface area contributed by atoms with E-state index in [1.807, 2.05) is 13.0 Å². The minimum atomic E-state index is -0.446. The Bertz CT molecular complexity index is 764. The number of aliphatic hydroxyl groups excluding tert-OH is 2. The summed E-state index contributed by atoms with van der Waals surface area (Å²) in [6, 6.07) is 0. The third-order valence-corrected chi connectivity index (χ3v) is 9.40. The van der Waals surface area contributed by atoms with Crippen molar-refractivity contribution in [3.8, 4) is 0 Å². The fraction of sp³-hybridized carbons (Fsp3) is 0.892. The first-order chi connectivity index (χ1) is 20.9. The van der Waals surface area contributed by atoms with E-state index in [4.69, 9.17) is 9.47 Å². The zero-order valence-corrected chi connectivity index (χ0v) is 27.9. The van der Waals surface area contributed by atoms with Gasteiger partial charge in [-0.15, -0.1) is 0 Å². The van der Waals surface area contributed by atoms with Crippen molar-refractivity contribution >= 4 is 11.8 Å². The van der Waals surface area contributed by atoms with Crippen molar-refractivity contribution in [1.29, 1.82) is 0 Å². The lowest BCUT2D eigenvalue weighted by atomic mass is 10.00. The number of ether oxygens (including phenoxy) is 2. The monoisotopic (exact) mass is 606 g/mol. The third kappa shape index (κ3) is 17.7. The summed E-state index contributed by atoms with van der Waals surface area (Å²) >= 11 is 0. The van der Waals surface area contributed by atoms with Gasteiger partial charge in [0.2, 0.25) is 0 Å². The molecule has 0 bridgehead atoms. The number of hydrogen-bond donors (Lipinski definition) is 2. The second kappa shape index (κ2) is 24.1. The zero-order chi connectivity index (χ0) is 31.1. The second-order valence-electron chi connectivity index (χ2n) is 13.5. The highest BCUT2D eigenvalue weighted by Gasteiger charge is 2.34. The first-order valence-corrected chi connectivity index (χ1v) is 18.4. The Balaban J connectivity index is 1.34. The zero-order valence-electron chi connectivity index (χ0n) is 27.9. The van der Waals surface area contributed by atoms with E-state index in [0.717, 1.165) is 102 Å². The van der Waals surface area contributed by atoms with Gasteiger partial charge in [-0.05, 0) is 64.4 Å². The molecule has 0 aromatic heterocycles. The number of esters is 1. The summed E-state index contributed by atoms with van der Waals surface area (Å²) in [4.78, 5) is 23.5. The molecule has 0 aromatic rings. The Morgan fingerprint density at radius 1 is 0.721 bits per heavy atom. The normalized spacial score (nSPS) is 21.6. The van der Waals surface area contributed by atoms with Gasteiger partial charge in [-0.3, -0.25) is 4.79 Å². The molecule has 0 radical (unpaired) electrons. The Morgan fingerprint density at radius 3 is 1.63 bits per heavy atom. The molecule has 1 fully saturated rings. The van der Waals surface area contributed by atoms with E-state index < -0.39 is 12.2 Å². The van der Waals surface area contributed by atoms with Crippen molar-refractivity contribution in [2.45, 2.75) is 211 Å². The molecule has 0 aromatic carbocycles. The summed E-state index contributed by atoms with van der Waals surface area (Å²) in [5.74, 6) is 0.288. The minimum Gasteiger partial charge on any atom is -0.455 e. The van der Waals surface area contributed by atoms with Crippen LogP contribution in [0, 0.1) is 0 Å². The number of unbranched alkanes of at least 4 members (excludes halogenated alkanes) is 16. The van der Waals surface area contributed by atoms with E-state index in [2.05, 4.69) is 6.92 Å². The molecule has 2 aliphatic heterocycles. The van der Waals surface area contributed by atoms with E-state index in [0.29, 0.717) is 12.2 Å². The average molecular weight is 607 g/mol. The summed E-state index contributed by atoms with van der Waals surface area (Å²) in [6.45, 7) is 4.08. The fourth-order valence-electron chi connectivity index (χ4n) is 6.61. The largest absolute Gasteiger partial charge is 0.455 e. The Morgan fingerprint density at radius 2 is 1.16 bits per heavy atom. The van der Waals surface area contributed by atoms with E-state index in [1.165, 1.54) is 64.2 Å². The molecule has 2 rings (SSSR count). The van der Waals surface area contributed by atoms with Crippen LogP contribution in [0.4, 0.5) is 0 Å². The minimum absolute atomic E-state index is 0.0452. The molecule has 43 heavy (non-hydrogen) atoms. The standard InChI is InChI=1S/C37H66O6/c1-3-4-17-23-32(38)24-19-15-16-21-26-34(40)36-28-27-35(43-36)33(39)25-20-14-12-10-8-6-5-7-9-11-13-18-22-31-29-30(2)42-37(31)41/h29-30,33-36,39-40H,3-28H2,1-2H3/t30-,33-,34-,35+,36+/m0/s1. The van der Waals surface area contributed by atoms with Crippen molar-refractivity contribution in [2.24, 2.45) is 0 Å². The van der Waals surface area contributed by atoms with Gasteiger partial charge in [0, 0.05) is 18.4 Å². The van der Waals surface area contributed by atoms with Crippen LogP contribution in [-0.4, -0.2) is 52.5 Å². The topological polar surface area (TPSA) is 93.1 Å². The predicted molar refractivity (Wildman–Crippen MR) is 175 cm³/mol. The van der Waals surface area contributed by atoms with Gasteiger partial charge >= 0.3 is 5.97 Å². The molecule has 2 heterocycles. The number of aliphatic hydroxyl groups is 2. The number of Topliss-reactive ketones (excluding diaryl/α,β-unsaturated/α-hetero) is 1. The summed E-state index contributed by atoms with van der Waals surface area (Å²) in [5.41, 5.74) is 0.870. The molecule has 5 atom stereocenters. The van der Waals surface area contributed by atoms with Gasteiger partial charge in [-0.25, -0.2) is 4.79 Å². The molecule has 0 aliphatic carbocycles. The Kier molecular flexibility index (Phi) is 21.2. The van der Waals surface area contributed by atoms with Crippen molar-refractivity contribution < 1.29 is 29.3 Å². The molecule has 0 unspecified atom stereocenters. The van der Waals surface area contributed by atoms with Crippen LogP contribution in [0.5, 0.6) is 0 Å². The quantitative estimate of drug-likeness (QED) is 0.0682. The van der Waals surface area contributed by atoms with E-state index >= 15 is 0 Å². The Labute approximate surface area is 263 Å². The molecule has 6 nitrogen and oxygen atoms in total. The molecule has 2 N–H and O–H groups in total. The van der Waals surface area contributed by atoms with Crippen molar-refractivity contribution in [3.63, 3.8) is 0 Å². The predicted octanol–water partition coefficient (Wildman–Crippen LogP) is 9.08. The first-order valence-electron chi connectivity index (χ1n) is 18.4. The lowest BCUT2D eigenvalue weighted by molar-refractivity contribution is -0.139. The molecule has 0 spiro atoms. The van der Waals surface area contributed by atoms with Gasteiger partial charge in [0.1, 0.15) is 11.9 Å². The number of cyclic esters (lactones) is 1. The van der Waals surface area contributed by atoms with E-state index in [9.17, 15) is 19.8 Å². The van der Waals surface area contributed by atoms with Gasteiger partial charge in [0.25, 0.3) is 0 Å². The molecular formula is C37H66O6. The lowest BCUT2D eigenvalue weighted by Crippen LogP contribution is -2.31. The highest BCUT2D eigenvalue weighted by molar-refractivity contribution is 5.90. The summed E-state index contributed by atoms with van der Waals surface area (Å²) < 4.78 is 11.2. The molecule has 0 saturated carbocycles. The van der Waals surface area contributed by atoms with Crippen LogP contribution in [0.15, 0.2) is 11.6 Å². The van der Waals surface area contributed by atoms with Crippen LogP contribution in [0.3, 0.4) is 0 Å². The lowest BCUT2D eigenvalue weighted by Gasteiger charge is -2.22. The van der Waals surface area contributed by atoms with Crippen molar-refractivity contribution in [3.05, 3.63) is 11.6 Å². The van der Waals surface area contributed by atoms with Crippen molar-refractivity contribution in [1.82, 2.24) is 0 Å². The number of hydrogen-bond acceptors (Lipinski definition) is 6. The maximum atomic E-state index is 11.9. The number of carbonyl (C=O) groups is 2. The van der Waals surface area contributed by atoms with Crippen LogP contribution in [0.25, 0.3) is 0 Å². The average Bonchev–Trinajstić information content (AvgIpc) is 3.61. The Hall–Kier alpha value is -1.24. The highest BCUT2D eigenvalue weighted by atomic mass is 16.5. The first kappa shape index (κ1) is 37.9.